The standard InChI is InChI=1S/C15H17N3O2/c1-11(7-8-12-5-3-2-4-6-12)16-15(20)13-9-10-14(19)18-17-13/h2-6,9-11H,7-8H2,1H3,(H,16,20)(H,18,19). The molecule has 0 saturated heterocycles. The SMILES string of the molecule is CC(CCc1ccccc1)NC(=O)c1ccc(=O)[nH]n1. The zero-order chi connectivity index (χ0) is 14.4. The topological polar surface area (TPSA) is 74.8 Å². The molecule has 0 aliphatic carbocycles. The summed E-state index contributed by atoms with van der Waals surface area (Å²) >= 11 is 0. The van der Waals surface area contributed by atoms with E-state index in [4.69, 9.17) is 0 Å². The van der Waals surface area contributed by atoms with Gasteiger partial charge in [0.05, 0.1) is 0 Å². The number of carbonyl (C=O) groups is 1. The van der Waals surface area contributed by atoms with E-state index in [2.05, 4.69) is 27.6 Å². The number of carbonyl (C=O) groups excluding carboxylic acids is 1. The molecule has 2 aromatic rings. The normalized spacial score (nSPS) is 11.8. The fourth-order valence-corrected chi connectivity index (χ4v) is 1.87. The number of H-pyrrole nitrogens is 1. The van der Waals surface area contributed by atoms with E-state index in [0.29, 0.717) is 0 Å². The van der Waals surface area contributed by atoms with Gasteiger partial charge in [-0.05, 0) is 31.4 Å². The maximum absolute atomic E-state index is 11.9. The maximum Gasteiger partial charge on any atom is 0.271 e. The number of aromatic amines is 1. The van der Waals surface area contributed by atoms with Crippen LogP contribution in [0, 0.1) is 0 Å². The summed E-state index contributed by atoms with van der Waals surface area (Å²) in [7, 11) is 0. The Hall–Kier alpha value is -2.43. The Morgan fingerprint density at radius 3 is 2.65 bits per heavy atom. The second-order valence-electron chi connectivity index (χ2n) is 4.71. The molecule has 1 amide bonds. The molecule has 0 aliphatic heterocycles. The lowest BCUT2D eigenvalue weighted by atomic mass is 10.1. The molecule has 1 unspecified atom stereocenters. The van der Waals surface area contributed by atoms with Crippen LogP contribution in [0.3, 0.4) is 0 Å². The monoisotopic (exact) mass is 271 g/mol. The van der Waals surface area contributed by atoms with Gasteiger partial charge in [-0.15, -0.1) is 0 Å². The van der Waals surface area contributed by atoms with E-state index in [0.717, 1.165) is 12.8 Å². The molecule has 0 radical (unpaired) electrons. The van der Waals surface area contributed by atoms with Crippen LogP contribution in [0.25, 0.3) is 0 Å². The Bertz CT molecular complexity index is 602. The number of hydrogen-bond acceptors (Lipinski definition) is 3. The first-order valence-corrected chi connectivity index (χ1v) is 6.55. The van der Waals surface area contributed by atoms with Gasteiger partial charge in [-0.25, -0.2) is 5.10 Å². The largest absolute Gasteiger partial charge is 0.348 e. The predicted molar refractivity (Wildman–Crippen MR) is 76.5 cm³/mol. The van der Waals surface area contributed by atoms with Crippen molar-refractivity contribution in [3.63, 3.8) is 0 Å². The summed E-state index contributed by atoms with van der Waals surface area (Å²) in [5.74, 6) is -0.276. The van der Waals surface area contributed by atoms with Crippen molar-refractivity contribution in [1.29, 1.82) is 0 Å². The van der Waals surface area contributed by atoms with Crippen LogP contribution < -0.4 is 10.9 Å². The van der Waals surface area contributed by atoms with E-state index in [9.17, 15) is 9.59 Å². The summed E-state index contributed by atoms with van der Waals surface area (Å²) in [6.45, 7) is 1.95. The minimum atomic E-state index is -0.321. The first kappa shape index (κ1) is 14.0. The molecular formula is C15H17N3O2. The van der Waals surface area contributed by atoms with Crippen molar-refractivity contribution in [3.8, 4) is 0 Å². The van der Waals surface area contributed by atoms with Crippen molar-refractivity contribution < 1.29 is 4.79 Å². The first-order valence-electron chi connectivity index (χ1n) is 6.55. The number of nitrogens with one attached hydrogen (secondary N) is 2. The van der Waals surface area contributed by atoms with Crippen LogP contribution in [0.4, 0.5) is 0 Å². The second-order valence-corrected chi connectivity index (χ2v) is 4.71. The lowest BCUT2D eigenvalue weighted by Gasteiger charge is -2.13. The predicted octanol–water partition coefficient (Wildman–Crippen LogP) is 1.52. The molecular weight excluding hydrogens is 254 g/mol. The fraction of sp³-hybridized carbons (Fsp3) is 0.267. The smallest absolute Gasteiger partial charge is 0.271 e. The van der Waals surface area contributed by atoms with E-state index in [-0.39, 0.29) is 23.2 Å². The van der Waals surface area contributed by atoms with Crippen LogP contribution in [0.15, 0.2) is 47.3 Å². The van der Waals surface area contributed by atoms with Crippen molar-refractivity contribution in [2.24, 2.45) is 0 Å². The van der Waals surface area contributed by atoms with Crippen LogP contribution in [0.1, 0.15) is 29.4 Å². The second kappa shape index (κ2) is 6.65. The molecule has 5 nitrogen and oxygen atoms in total. The zero-order valence-electron chi connectivity index (χ0n) is 11.3. The first-order chi connectivity index (χ1) is 9.65. The van der Waals surface area contributed by atoms with Gasteiger partial charge >= 0.3 is 0 Å². The van der Waals surface area contributed by atoms with Crippen LogP contribution in [0.5, 0.6) is 0 Å². The maximum atomic E-state index is 11.9. The Labute approximate surface area is 117 Å². The molecule has 1 atom stereocenters. The minimum absolute atomic E-state index is 0.0384. The molecule has 20 heavy (non-hydrogen) atoms. The highest BCUT2D eigenvalue weighted by molar-refractivity contribution is 5.92. The van der Waals surface area contributed by atoms with Gasteiger partial charge in [0.2, 0.25) is 0 Å². The van der Waals surface area contributed by atoms with Crippen LogP contribution in [0.2, 0.25) is 0 Å². The van der Waals surface area contributed by atoms with Gasteiger partial charge in [0, 0.05) is 12.1 Å². The van der Waals surface area contributed by atoms with E-state index in [1.54, 1.807) is 0 Å². The molecule has 1 aromatic carbocycles. The molecule has 0 bridgehead atoms. The third-order valence-corrected chi connectivity index (χ3v) is 3.00. The lowest BCUT2D eigenvalue weighted by molar-refractivity contribution is 0.0932. The quantitative estimate of drug-likeness (QED) is 0.865. The van der Waals surface area contributed by atoms with E-state index in [1.165, 1.54) is 17.7 Å². The van der Waals surface area contributed by atoms with Gasteiger partial charge in [-0.2, -0.15) is 5.10 Å². The summed E-state index contributed by atoms with van der Waals surface area (Å²) in [5, 5.41) is 8.81. The van der Waals surface area contributed by atoms with Crippen molar-refractivity contribution in [3.05, 3.63) is 64.1 Å². The number of hydrogen-bond donors (Lipinski definition) is 2. The van der Waals surface area contributed by atoms with Crippen LogP contribution >= 0.6 is 0 Å². The van der Waals surface area contributed by atoms with Crippen molar-refractivity contribution in [1.82, 2.24) is 15.5 Å². The Morgan fingerprint density at radius 2 is 2.00 bits per heavy atom. The van der Waals surface area contributed by atoms with E-state index in [1.807, 2.05) is 25.1 Å². The molecule has 1 heterocycles. The van der Waals surface area contributed by atoms with Gasteiger partial charge in [0.1, 0.15) is 5.69 Å². The third kappa shape index (κ3) is 4.05. The Morgan fingerprint density at radius 1 is 1.25 bits per heavy atom. The average Bonchev–Trinajstić information content (AvgIpc) is 2.47. The molecule has 104 valence electrons. The summed E-state index contributed by atoms with van der Waals surface area (Å²) in [6, 6.07) is 12.9. The lowest BCUT2D eigenvalue weighted by Crippen LogP contribution is -2.34. The minimum Gasteiger partial charge on any atom is -0.348 e. The highest BCUT2D eigenvalue weighted by Crippen LogP contribution is 2.05. The molecule has 0 spiro atoms. The summed E-state index contributed by atoms with van der Waals surface area (Å²) in [4.78, 5) is 22.8. The van der Waals surface area contributed by atoms with Crippen molar-refractivity contribution in [2.45, 2.75) is 25.8 Å². The average molecular weight is 271 g/mol. The Balaban J connectivity index is 1.85. The molecule has 0 aliphatic rings. The molecule has 0 saturated carbocycles. The fourth-order valence-electron chi connectivity index (χ4n) is 1.87. The van der Waals surface area contributed by atoms with Gasteiger partial charge in [0.15, 0.2) is 0 Å². The molecule has 0 fully saturated rings. The molecule has 1 aromatic heterocycles. The van der Waals surface area contributed by atoms with Gasteiger partial charge in [-0.1, -0.05) is 30.3 Å². The van der Waals surface area contributed by atoms with Crippen LogP contribution in [-0.2, 0) is 6.42 Å². The summed E-state index contributed by atoms with van der Waals surface area (Å²) in [5.41, 5.74) is 1.14. The third-order valence-electron chi connectivity index (χ3n) is 3.00. The molecule has 2 rings (SSSR count). The number of aryl methyl sites for hydroxylation is 1. The number of benzene rings is 1. The Kier molecular flexibility index (Phi) is 4.65. The van der Waals surface area contributed by atoms with E-state index < -0.39 is 0 Å². The van der Waals surface area contributed by atoms with Gasteiger partial charge in [0.25, 0.3) is 11.5 Å². The van der Waals surface area contributed by atoms with Crippen molar-refractivity contribution in [2.75, 3.05) is 0 Å². The highest BCUT2D eigenvalue weighted by Gasteiger charge is 2.11. The summed E-state index contributed by atoms with van der Waals surface area (Å²) < 4.78 is 0. The highest BCUT2D eigenvalue weighted by atomic mass is 16.2. The molecule has 2 N–H and O–H groups in total. The number of rotatable bonds is 5. The molecule has 5 heteroatoms. The number of amides is 1. The van der Waals surface area contributed by atoms with Gasteiger partial charge < -0.3 is 5.32 Å². The zero-order valence-corrected chi connectivity index (χ0v) is 11.3. The van der Waals surface area contributed by atoms with Crippen molar-refractivity contribution >= 4 is 5.91 Å². The van der Waals surface area contributed by atoms with E-state index >= 15 is 0 Å². The van der Waals surface area contributed by atoms with Crippen LogP contribution in [-0.4, -0.2) is 22.1 Å². The number of nitrogens with zero attached hydrogens (tertiary/aromatic N) is 1. The summed E-state index contributed by atoms with van der Waals surface area (Å²) in [6.07, 6.45) is 1.75. The van der Waals surface area contributed by atoms with Gasteiger partial charge in [-0.3, -0.25) is 9.59 Å². The number of aromatic nitrogens is 2.